The Bertz CT molecular complexity index is 310. The maximum Gasteiger partial charge on any atom is 0.0441 e. The topological polar surface area (TPSA) is 29.3 Å². The van der Waals surface area contributed by atoms with Crippen LogP contribution in [0.15, 0.2) is 17.5 Å². The molecule has 1 aromatic rings. The lowest BCUT2D eigenvalue weighted by atomic mass is 9.96. The summed E-state index contributed by atoms with van der Waals surface area (Å²) >= 11 is 1.88. The molecule has 90 valence electrons. The van der Waals surface area contributed by atoms with Crippen molar-refractivity contribution in [1.29, 1.82) is 0 Å². The van der Waals surface area contributed by atoms with Crippen LogP contribution in [0.4, 0.5) is 0 Å². The summed E-state index contributed by atoms with van der Waals surface area (Å²) in [5.74, 6) is 0. The third kappa shape index (κ3) is 2.47. The quantitative estimate of drug-likeness (QED) is 0.877. The second kappa shape index (κ2) is 5.30. The molecule has 0 bridgehead atoms. The predicted molar refractivity (Wildman–Crippen MR) is 70.7 cm³/mol. The highest BCUT2D eigenvalue weighted by atomic mass is 32.1. The first-order valence-electron chi connectivity index (χ1n) is 6.27. The van der Waals surface area contributed by atoms with Gasteiger partial charge in [-0.2, -0.15) is 0 Å². The highest BCUT2D eigenvalue weighted by molar-refractivity contribution is 7.10. The van der Waals surface area contributed by atoms with Gasteiger partial charge in [-0.25, -0.2) is 0 Å². The molecule has 1 saturated heterocycles. The molecule has 1 fully saturated rings. The molecule has 0 aliphatic carbocycles. The van der Waals surface area contributed by atoms with Crippen LogP contribution in [-0.2, 0) is 0 Å². The zero-order chi connectivity index (χ0) is 11.5. The van der Waals surface area contributed by atoms with Crippen LogP contribution >= 0.6 is 11.3 Å². The highest BCUT2D eigenvalue weighted by Gasteiger charge is 2.29. The largest absolute Gasteiger partial charge is 0.328 e. The third-order valence-electron chi connectivity index (χ3n) is 3.63. The number of piperidine rings is 1. The van der Waals surface area contributed by atoms with Crippen molar-refractivity contribution in [3.8, 4) is 0 Å². The van der Waals surface area contributed by atoms with E-state index in [-0.39, 0.29) is 0 Å². The van der Waals surface area contributed by atoms with Crippen molar-refractivity contribution in [2.45, 2.75) is 51.2 Å². The maximum absolute atomic E-state index is 6.02. The van der Waals surface area contributed by atoms with Crippen molar-refractivity contribution in [3.05, 3.63) is 22.4 Å². The summed E-state index contributed by atoms with van der Waals surface area (Å²) in [5, 5.41) is 2.18. The van der Waals surface area contributed by atoms with Gasteiger partial charge in [0.25, 0.3) is 0 Å². The van der Waals surface area contributed by atoms with E-state index in [9.17, 15) is 0 Å². The average Bonchev–Trinajstić information content (AvgIpc) is 2.75. The van der Waals surface area contributed by atoms with Crippen LogP contribution < -0.4 is 5.73 Å². The molecule has 2 nitrogen and oxygen atoms in total. The zero-order valence-electron chi connectivity index (χ0n) is 10.2. The maximum atomic E-state index is 6.02. The first-order valence-corrected chi connectivity index (χ1v) is 7.15. The first-order chi connectivity index (χ1) is 7.72. The van der Waals surface area contributed by atoms with Gasteiger partial charge in [0.15, 0.2) is 0 Å². The van der Waals surface area contributed by atoms with E-state index in [4.69, 9.17) is 5.73 Å². The number of rotatable bonds is 3. The van der Waals surface area contributed by atoms with Crippen LogP contribution in [0.2, 0.25) is 0 Å². The van der Waals surface area contributed by atoms with Gasteiger partial charge in [-0.15, -0.1) is 11.3 Å². The van der Waals surface area contributed by atoms with Crippen molar-refractivity contribution < 1.29 is 0 Å². The van der Waals surface area contributed by atoms with Crippen molar-refractivity contribution in [2.75, 3.05) is 6.54 Å². The van der Waals surface area contributed by atoms with Crippen molar-refractivity contribution >= 4 is 11.3 Å². The Kier molecular flexibility index (Phi) is 4.00. The number of hydrogen-bond acceptors (Lipinski definition) is 3. The minimum absolute atomic E-state index is 0.409. The Morgan fingerprint density at radius 2 is 2.44 bits per heavy atom. The number of hydrogen-bond donors (Lipinski definition) is 1. The van der Waals surface area contributed by atoms with Crippen LogP contribution in [0, 0.1) is 0 Å². The Morgan fingerprint density at radius 1 is 1.62 bits per heavy atom. The van der Waals surface area contributed by atoms with Crippen LogP contribution in [0.1, 0.15) is 44.0 Å². The molecule has 1 aliphatic heterocycles. The summed E-state index contributed by atoms with van der Waals surface area (Å²) < 4.78 is 0. The number of thiophene rings is 1. The van der Waals surface area contributed by atoms with Crippen LogP contribution in [0.5, 0.6) is 0 Å². The molecule has 0 amide bonds. The second-order valence-corrected chi connectivity index (χ2v) is 5.79. The summed E-state index contributed by atoms with van der Waals surface area (Å²) in [6.45, 7) is 5.75. The van der Waals surface area contributed by atoms with E-state index in [1.165, 1.54) is 11.3 Å². The Labute approximate surface area is 102 Å². The van der Waals surface area contributed by atoms with Crippen LogP contribution in [0.25, 0.3) is 0 Å². The van der Waals surface area contributed by atoms with Gasteiger partial charge >= 0.3 is 0 Å². The second-order valence-electron chi connectivity index (χ2n) is 4.81. The molecule has 3 atom stereocenters. The molecular formula is C13H22N2S. The summed E-state index contributed by atoms with van der Waals surface area (Å²) in [4.78, 5) is 4.14. The van der Waals surface area contributed by atoms with Gasteiger partial charge in [0, 0.05) is 29.5 Å². The number of likely N-dealkylation sites (tertiary alicyclic amines) is 1. The SMILES string of the molecule is CCC(c1cccs1)N1CCC(N)CC1C. The average molecular weight is 238 g/mol. The predicted octanol–water partition coefficient (Wildman–Crippen LogP) is 3.01. The van der Waals surface area contributed by atoms with E-state index < -0.39 is 0 Å². The molecule has 3 heteroatoms. The molecule has 0 spiro atoms. The van der Waals surface area contributed by atoms with E-state index in [0.717, 1.165) is 19.4 Å². The van der Waals surface area contributed by atoms with Gasteiger partial charge in [0.2, 0.25) is 0 Å². The van der Waals surface area contributed by atoms with Gasteiger partial charge in [-0.05, 0) is 37.6 Å². The number of nitrogens with two attached hydrogens (primary N) is 1. The minimum atomic E-state index is 0.409. The lowest BCUT2D eigenvalue weighted by molar-refractivity contribution is 0.0946. The summed E-state index contributed by atoms with van der Waals surface area (Å²) in [6, 6.07) is 6.05. The first kappa shape index (κ1) is 12.1. The molecule has 1 aliphatic rings. The summed E-state index contributed by atoms with van der Waals surface area (Å²) in [6.07, 6.45) is 3.48. The van der Waals surface area contributed by atoms with Gasteiger partial charge < -0.3 is 5.73 Å². The lowest BCUT2D eigenvalue weighted by Gasteiger charge is -2.41. The monoisotopic (exact) mass is 238 g/mol. The Hall–Kier alpha value is -0.380. The molecule has 0 saturated carbocycles. The molecule has 0 aromatic carbocycles. The molecule has 2 rings (SSSR count). The normalized spacial score (nSPS) is 29.2. The van der Waals surface area contributed by atoms with Crippen molar-refractivity contribution in [1.82, 2.24) is 4.90 Å². The van der Waals surface area contributed by atoms with E-state index in [1.54, 1.807) is 0 Å². The third-order valence-corrected chi connectivity index (χ3v) is 4.60. The fourth-order valence-electron chi connectivity index (χ4n) is 2.77. The van der Waals surface area contributed by atoms with E-state index in [1.807, 2.05) is 11.3 Å². The summed E-state index contributed by atoms with van der Waals surface area (Å²) in [5.41, 5.74) is 6.02. The smallest absolute Gasteiger partial charge is 0.0441 e. The fraction of sp³-hybridized carbons (Fsp3) is 0.692. The highest BCUT2D eigenvalue weighted by Crippen LogP contribution is 2.32. The van der Waals surface area contributed by atoms with Crippen molar-refractivity contribution in [3.63, 3.8) is 0 Å². The van der Waals surface area contributed by atoms with Crippen molar-refractivity contribution in [2.24, 2.45) is 5.73 Å². The molecule has 2 heterocycles. The van der Waals surface area contributed by atoms with Crippen LogP contribution in [-0.4, -0.2) is 23.5 Å². The molecule has 0 radical (unpaired) electrons. The molecule has 2 N–H and O–H groups in total. The standard InChI is InChI=1S/C13H22N2S/c1-3-12(13-5-4-8-16-13)15-7-6-11(14)9-10(15)2/h4-5,8,10-12H,3,6-7,9,14H2,1-2H3. The summed E-state index contributed by atoms with van der Waals surface area (Å²) in [7, 11) is 0. The van der Waals surface area contributed by atoms with Gasteiger partial charge in [0.1, 0.15) is 0 Å². The molecular weight excluding hydrogens is 216 g/mol. The number of nitrogens with zero attached hydrogens (tertiary/aromatic N) is 1. The Balaban J connectivity index is 2.10. The lowest BCUT2D eigenvalue weighted by Crippen LogP contribution is -2.46. The molecule has 1 aromatic heterocycles. The molecule has 3 unspecified atom stereocenters. The van der Waals surface area contributed by atoms with Crippen LogP contribution in [0.3, 0.4) is 0 Å². The van der Waals surface area contributed by atoms with Gasteiger partial charge in [0.05, 0.1) is 0 Å². The minimum Gasteiger partial charge on any atom is -0.328 e. The molecule has 16 heavy (non-hydrogen) atoms. The van der Waals surface area contributed by atoms with E-state index in [2.05, 4.69) is 36.3 Å². The van der Waals surface area contributed by atoms with Gasteiger partial charge in [-0.1, -0.05) is 13.0 Å². The fourth-order valence-corrected chi connectivity index (χ4v) is 3.70. The zero-order valence-corrected chi connectivity index (χ0v) is 11.0. The van der Waals surface area contributed by atoms with E-state index >= 15 is 0 Å². The van der Waals surface area contributed by atoms with E-state index in [0.29, 0.717) is 18.1 Å². The Morgan fingerprint density at radius 3 is 3.00 bits per heavy atom. The van der Waals surface area contributed by atoms with Gasteiger partial charge in [-0.3, -0.25) is 4.90 Å².